The van der Waals surface area contributed by atoms with Gasteiger partial charge in [0.15, 0.2) is 0 Å². The van der Waals surface area contributed by atoms with Crippen LogP contribution < -0.4 is 10.6 Å². The number of aromatic nitrogens is 2. The molecule has 1 aliphatic heterocycles. The first-order valence-corrected chi connectivity index (χ1v) is 7.08. The minimum Gasteiger partial charge on any atom is -0.348 e. The molecule has 0 radical (unpaired) electrons. The number of rotatable bonds is 3. The van der Waals surface area contributed by atoms with Crippen molar-refractivity contribution in [2.75, 3.05) is 11.4 Å². The largest absolute Gasteiger partial charge is 0.348 e. The van der Waals surface area contributed by atoms with E-state index in [1.165, 1.54) is 0 Å². The Bertz CT molecular complexity index is 511. The minimum atomic E-state index is -0.322. The van der Waals surface area contributed by atoms with E-state index in [1.54, 1.807) is 11.6 Å². The number of piperidine rings is 1. The number of hydrogen-bond acceptors (Lipinski definition) is 5. The van der Waals surface area contributed by atoms with Crippen molar-refractivity contribution in [1.29, 1.82) is 0 Å². The summed E-state index contributed by atoms with van der Waals surface area (Å²) in [4.78, 5) is 13.2. The fourth-order valence-electron chi connectivity index (χ4n) is 2.89. The van der Waals surface area contributed by atoms with E-state index >= 15 is 0 Å². The first-order chi connectivity index (χ1) is 9.32. The van der Waals surface area contributed by atoms with Gasteiger partial charge in [0.2, 0.25) is 5.82 Å². The Morgan fingerprint density at radius 2 is 2.15 bits per heavy atom. The Labute approximate surface area is 118 Å². The average molecular weight is 281 g/mol. The first-order valence-electron chi connectivity index (χ1n) is 7.08. The second-order valence-electron chi connectivity index (χ2n) is 5.88. The lowest BCUT2D eigenvalue weighted by atomic mass is 9.99. The van der Waals surface area contributed by atoms with Crippen LogP contribution in [0.2, 0.25) is 0 Å². The van der Waals surface area contributed by atoms with E-state index in [0.29, 0.717) is 11.5 Å². The molecule has 0 saturated carbocycles. The Kier molecular flexibility index (Phi) is 3.99. The molecule has 0 aromatic carbocycles. The van der Waals surface area contributed by atoms with Crippen LogP contribution in [0.1, 0.15) is 45.3 Å². The van der Waals surface area contributed by atoms with Crippen LogP contribution in [0.5, 0.6) is 0 Å². The number of nitro groups is 1. The number of hydrogen-bond donors (Lipinski definition) is 1. The molecule has 2 rings (SSSR count). The van der Waals surface area contributed by atoms with E-state index in [-0.39, 0.29) is 28.7 Å². The number of anilines is 1. The summed E-state index contributed by atoms with van der Waals surface area (Å²) >= 11 is 0. The molecule has 1 aromatic rings. The molecule has 2 atom stereocenters. The predicted octanol–water partition coefficient (Wildman–Crippen LogP) is 2.00. The Balaban J connectivity index is 2.50. The Hall–Kier alpha value is -1.63. The zero-order valence-corrected chi connectivity index (χ0v) is 12.5. The van der Waals surface area contributed by atoms with E-state index in [4.69, 9.17) is 5.73 Å². The van der Waals surface area contributed by atoms with Crippen molar-refractivity contribution in [3.05, 3.63) is 15.8 Å². The zero-order valence-electron chi connectivity index (χ0n) is 12.5. The molecule has 2 unspecified atom stereocenters. The maximum atomic E-state index is 11.4. The van der Waals surface area contributed by atoms with Crippen molar-refractivity contribution >= 4 is 11.5 Å². The van der Waals surface area contributed by atoms with Gasteiger partial charge in [-0.1, -0.05) is 0 Å². The van der Waals surface area contributed by atoms with Crippen LogP contribution in [-0.4, -0.2) is 33.3 Å². The van der Waals surface area contributed by atoms with Gasteiger partial charge in [-0.05, 0) is 40.5 Å². The van der Waals surface area contributed by atoms with E-state index in [0.717, 1.165) is 19.4 Å². The van der Waals surface area contributed by atoms with Crippen molar-refractivity contribution in [3.63, 3.8) is 0 Å². The van der Waals surface area contributed by atoms with Crippen molar-refractivity contribution < 1.29 is 4.92 Å². The highest BCUT2D eigenvalue weighted by molar-refractivity contribution is 5.62. The Morgan fingerprint density at radius 1 is 1.50 bits per heavy atom. The number of nitrogens with two attached hydrogens (primary N) is 1. The van der Waals surface area contributed by atoms with Gasteiger partial charge in [0.1, 0.15) is 5.69 Å². The van der Waals surface area contributed by atoms with Crippen molar-refractivity contribution in [2.24, 2.45) is 5.73 Å². The highest BCUT2D eigenvalue weighted by atomic mass is 16.6. The lowest BCUT2D eigenvalue weighted by Gasteiger charge is -2.37. The molecule has 0 bridgehead atoms. The molecule has 0 amide bonds. The molecule has 0 spiro atoms. The maximum absolute atomic E-state index is 11.4. The fraction of sp³-hybridized carbons (Fsp3) is 0.769. The van der Waals surface area contributed by atoms with Crippen LogP contribution in [0.4, 0.5) is 11.5 Å². The van der Waals surface area contributed by atoms with E-state index in [9.17, 15) is 10.1 Å². The molecule has 1 fully saturated rings. The van der Waals surface area contributed by atoms with Crippen LogP contribution >= 0.6 is 0 Å². The number of nitrogens with zero attached hydrogens (tertiary/aromatic N) is 4. The van der Waals surface area contributed by atoms with E-state index < -0.39 is 0 Å². The second-order valence-corrected chi connectivity index (χ2v) is 5.88. The normalized spacial score (nSPS) is 23.4. The molecular formula is C13H23N5O2. The smallest absolute Gasteiger partial charge is 0.333 e. The molecular weight excluding hydrogens is 258 g/mol. The monoisotopic (exact) mass is 281 g/mol. The first kappa shape index (κ1) is 14.8. The summed E-state index contributed by atoms with van der Waals surface area (Å²) in [6.45, 7) is 8.47. The summed E-state index contributed by atoms with van der Waals surface area (Å²) in [6.07, 6.45) is 1.70. The third-order valence-electron chi connectivity index (χ3n) is 3.89. The van der Waals surface area contributed by atoms with Gasteiger partial charge < -0.3 is 10.6 Å². The van der Waals surface area contributed by atoms with Crippen LogP contribution in [0, 0.1) is 17.0 Å². The van der Waals surface area contributed by atoms with E-state index in [2.05, 4.69) is 16.9 Å². The van der Waals surface area contributed by atoms with Crippen LogP contribution in [-0.2, 0) is 0 Å². The van der Waals surface area contributed by atoms with E-state index in [1.807, 2.05) is 13.8 Å². The molecule has 1 aliphatic rings. The molecule has 0 aliphatic carbocycles. The summed E-state index contributed by atoms with van der Waals surface area (Å²) in [5.41, 5.74) is 6.58. The lowest BCUT2D eigenvalue weighted by Crippen LogP contribution is -2.46. The van der Waals surface area contributed by atoms with Gasteiger partial charge in [0.25, 0.3) is 0 Å². The molecule has 2 N–H and O–H groups in total. The maximum Gasteiger partial charge on any atom is 0.333 e. The van der Waals surface area contributed by atoms with Gasteiger partial charge in [0, 0.05) is 24.7 Å². The van der Waals surface area contributed by atoms with Gasteiger partial charge >= 0.3 is 5.69 Å². The molecule has 112 valence electrons. The highest BCUT2D eigenvalue weighted by Crippen LogP contribution is 2.36. The Morgan fingerprint density at radius 3 is 2.65 bits per heavy atom. The molecule has 7 nitrogen and oxygen atoms in total. The SMILES string of the molecule is Cc1nn(C(C)C)c(N2CCC(N)CC2C)c1[N+](=O)[O-]. The zero-order chi connectivity index (χ0) is 15.0. The van der Waals surface area contributed by atoms with Crippen molar-refractivity contribution in [3.8, 4) is 0 Å². The third-order valence-corrected chi connectivity index (χ3v) is 3.89. The van der Waals surface area contributed by atoms with Crippen LogP contribution in [0.15, 0.2) is 0 Å². The van der Waals surface area contributed by atoms with Crippen molar-refractivity contribution in [1.82, 2.24) is 9.78 Å². The molecule has 2 heterocycles. The standard InChI is InChI=1S/C13H23N5O2/c1-8(2)17-13(12(18(19)20)10(4)15-17)16-6-5-11(14)7-9(16)3/h8-9,11H,5-7,14H2,1-4H3. The quantitative estimate of drug-likeness (QED) is 0.676. The van der Waals surface area contributed by atoms with Gasteiger partial charge in [-0.3, -0.25) is 10.1 Å². The third kappa shape index (κ3) is 2.49. The van der Waals surface area contributed by atoms with Crippen LogP contribution in [0.3, 0.4) is 0 Å². The van der Waals surface area contributed by atoms with Gasteiger partial charge in [-0.2, -0.15) is 5.10 Å². The summed E-state index contributed by atoms with van der Waals surface area (Å²) in [7, 11) is 0. The lowest BCUT2D eigenvalue weighted by molar-refractivity contribution is -0.384. The summed E-state index contributed by atoms with van der Waals surface area (Å²) in [5, 5.41) is 15.8. The van der Waals surface area contributed by atoms with Gasteiger partial charge in [-0.25, -0.2) is 4.68 Å². The second kappa shape index (κ2) is 5.40. The molecule has 7 heteroatoms. The fourth-order valence-corrected chi connectivity index (χ4v) is 2.89. The summed E-state index contributed by atoms with van der Waals surface area (Å²) in [5.74, 6) is 0.627. The average Bonchev–Trinajstić information content (AvgIpc) is 2.67. The predicted molar refractivity (Wildman–Crippen MR) is 78.0 cm³/mol. The molecule has 1 aromatic heterocycles. The summed E-state index contributed by atoms with van der Waals surface area (Å²) < 4.78 is 1.76. The number of aryl methyl sites for hydroxylation is 1. The topological polar surface area (TPSA) is 90.2 Å². The van der Waals surface area contributed by atoms with Crippen LogP contribution in [0.25, 0.3) is 0 Å². The van der Waals surface area contributed by atoms with Gasteiger partial charge in [0.05, 0.1) is 4.92 Å². The summed E-state index contributed by atoms with van der Waals surface area (Å²) in [6, 6.07) is 0.447. The van der Waals surface area contributed by atoms with Gasteiger partial charge in [-0.15, -0.1) is 0 Å². The molecule has 20 heavy (non-hydrogen) atoms. The molecule has 1 saturated heterocycles. The van der Waals surface area contributed by atoms with Crippen molar-refractivity contribution in [2.45, 2.75) is 58.7 Å². The highest BCUT2D eigenvalue weighted by Gasteiger charge is 2.35. The minimum absolute atomic E-state index is 0.0835.